The first kappa shape index (κ1) is 20.2. The van der Waals surface area contributed by atoms with E-state index in [1.165, 1.54) is 23.5 Å². The number of aromatic nitrogens is 2. The van der Waals surface area contributed by atoms with E-state index in [0.717, 1.165) is 50.8 Å². The Balaban J connectivity index is 1.30. The Labute approximate surface area is 174 Å². The highest BCUT2D eigenvalue weighted by molar-refractivity contribution is 7.85. The van der Waals surface area contributed by atoms with Gasteiger partial charge in [0.15, 0.2) is 0 Å². The van der Waals surface area contributed by atoms with Crippen LogP contribution in [0.1, 0.15) is 38.1 Å². The maximum absolute atomic E-state index is 13.0. The van der Waals surface area contributed by atoms with Crippen molar-refractivity contribution in [3.63, 3.8) is 0 Å². The lowest BCUT2D eigenvalue weighted by Gasteiger charge is -2.33. The lowest BCUT2D eigenvalue weighted by molar-refractivity contribution is 0.187. The molecule has 0 spiro atoms. The molecule has 6 heteroatoms. The lowest BCUT2D eigenvalue weighted by Crippen LogP contribution is -2.36. The average molecular weight is 414 g/mol. The van der Waals surface area contributed by atoms with Crippen molar-refractivity contribution >= 4 is 21.8 Å². The molecule has 0 bridgehead atoms. The number of piperidine rings is 1. The minimum Gasteiger partial charge on any atom is -0.325 e. The normalized spacial score (nSPS) is 17.0. The van der Waals surface area contributed by atoms with Crippen molar-refractivity contribution in [1.29, 1.82) is 0 Å². The third-order valence-corrected chi connectivity index (χ3v) is 7.25. The molecule has 3 aromatic rings. The van der Waals surface area contributed by atoms with Crippen molar-refractivity contribution in [2.75, 3.05) is 25.4 Å². The summed E-state index contributed by atoms with van der Waals surface area (Å²) >= 11 is 0. The highest BCUT2D eigenvalue weighted by Gasteiger charge is 2.23. The van der Waals surface area contributed by atoms with Gasteiger partial charge in [-0.15, -0.1) is 0 Å². The van der Waals surface area contributed by atoms with Crippen LogP contribution in [0.25, 0.3) is 11.0 Å². The topological polar surface area (TPSA) is 38.1 Å². The smallest absolute Gasteiger partial charge is 0.123 e. The first-order chi connectivity index (χ1) is 14.2. The number of benzene rings is 2. The number of hydrogen-bond donors (Lipinski definition) is 0. The zero-order chi connectivity index (χ0) is 20.2. The highest BCUT2D eigenvalue weighted by Crippen LogP contribution is 2.29. The Morgan fingerprint density at radius 1 is 1.10 bits per heavy atom. The second kappa shape index (κ2) is 9.18. The van der Waals surface area contributed by atoms with Gasteiger partial charge in [0.05, 0.1) is 21.8 Å². The van der Waals surface area contributed by atoms with Crippen molar-refractivity contribution in [3.05, 3.63) is 60.2 Å². The number of hydrogen-bond acceptors (Lipinski definition) is 3. The van der Waals surface area contributed by atoms with Crippen molar-refractivity contribution in [3.8, 4) is 0 Å². The molecule has 0 N–H and O–H groups in total. The van der Waals surface area contributed by atoms with Gasteiger partial charge in [-0.25, -0.2) is 9.37 Å². The Morgan fingerprint density at radius 3 is 2.55 bits per heavy atom. The molecule has 1 aliphatic rings. The molecule has 0 amide bonds. The molecule has 2 aromatic carbocycles. The van der Waals surface area contributed by atoms with Crippen LogP contribution in [0.5, 0.6) is 0 Å². The van der Waals surface area contributed by atoms with E-state index in [9.17, 15) is 8.60 Å². The second-order valence-electron chi connectivity index (χ2n) is 7.67. The zero-order valence-corrected chi connectivity index (χ0v) is 17.7. The quantitative estimate of drug-likeness (QED) is 0.569. The van der Waals surface area contributed by atoms with Gasteiger partial charge >= 0.3 is 0 Å². The molecule has 1 atom stereocenters. The summed E-state index contributed by atoms with van der Waals surface area (Å²) in [6.07, 6.45) is 4.08. The first-order valence-electron chi connectivity index (χ1n) is 10.5. The van der Waals surface area contributed by atoms with Crippen LogP contribution < -0.4 is 0 Å². The summed E-state index contributed by atoms with van der Waals surface area (Å²) in [5, 5.41) is 0. The number of fused-ring (bicyclic) bond motifs is 1. The maximum atomic E-state index is 13.0. The number of imidazole rings is 1. The van der Waals surface area contributed by atoms with Crippen LogP contribution in [0.3, 0.4) is 0 Å². The van der Waals surface area contributed by atoms with E-state index in [1.54, 1.807) is 12.1 Å². The summed E-state index contributed by atoms with van der Waals surface area (Å²) in [5.41, 5.74) is 2.34. The van der Waals surface area contributed by atoms with Gasteiger partial charge in [0.25, 0.3) is 0 Å². The Bertz CT molecular complexity index is 977. The maximum Gasteiger partial charge on any atom is 0.123 e. The second-order valence-corrected chi connectivity index (χ2v) is 9.24. The summed E-state index contributed by atoms with van der Waals surface area (Å²) in [6.45, 7) is 5.26. The van der Waals surface area contributed by atoms with E-state index in [1.807, 2.05) is 0 Å². The van der Waals surface area contributed by atoms with E-state index in [-0.39, 0.29) is 5.82 Å². The third kappa shape index (κ3) is 4.59. The fourth-order valence-electron chi connectivity index (χ4n) is 4.28. The predicted molar refractivity (Wildman–Crippen MR) is 116 cm³/mol. The van der Waals surface area contributed by atoms with E-state index < -0.39 is 10.8 Å². The molecular weight excluding hydrogens is 385 g/mol. The third-order valence-electron chi connectivity index (χ3n) is 5.79. The number of likely N-dealkylation sites (tertiary alicyclic amines) is 1. The molecule has 1 fully saturated rings. The molecule has 1 aromatic heterocycles. The fraction of sp³-hybridized carbons (Fsp3) is 0.435. The van der Waals surface area contributed by atoms with Crippen LogP contribution in [0.2, 0.25) is 0 Å². The fourth-order valence-corrected chi connectivity index (χ4v) is 5.34. The molecule has 2 heterocycles. The zero-order valence-electron chi connectivity index (χ0n) is 16.9. The van der Waals surface area contributed by atoms with Gasteiger partial charge in [0, 0.05) is 36.2 Å². The highest BCUT2D eigenvalue weighted by atomic mass is 32.2. The Hall–Kier alpha value is -2.05. The lowest BCUT2D eigenvalue weighted by atomic mass is 10.0. The van der Waals surface area contributed by atoms with Gasteiger partial charge in [-0.1, -0.05) is 19.1 Å². The number of para-hydroxylation sites is 2. The molecular formula is C23H28FN3OS. The summed E-state index contributed by atoms with van der Waals surface area (Å²) in [7, 11) is -1.05. The molecule has 0 radical (unpaired) electrons. The molecule has 4 nitrogen and oxygen atoms in total. The van der Waals surface area contributed by atoms with Crippen LogP contribution in [0.15, 0.2) is 53.4 Å². The van der Waals surface area contributed by atoms with Gasteiger partial charge in [-0.3, -0.25) is 4.21 Å². The van der Waals surface area contributed by atoms with Gasteiger partial charge in [0.1, 0.15) is 11.6 Å². The molecule has 1 unspecified atom stereocenters. The number of nitrogens with zero attached hydrogens (tertiary/aromatic N) is 3. The number of halogens is 1. The number of rotatable bonds is 7. The summed E-state index contributed by atoms with van der Waals surface area (Å²) < 4.78 is 27.8. The van der Waals surface area contributed by atoms with Crippen molar-refractivity contribution in [2.45, 2.75) is 43.5 Å². The Kier molecular flexibility index (Phi) is 6.40. The minimum absolute atomic E-state index is 0.287. The van der Waals surface area contributed by atoms with E-state index in [0.29, 0.717) is 16.7 Å². The summed E-state index contributed by atoms with van der Waals surface area (Å²) in [6, 6.07) is 14.9. The standard InChI is InChI=1S/C23H28FN3OS/c1-2-23-25-21-6-3-4-7-22(21)27(23)19-12-15-26(16-13-19)14-5-17-29(28)20-10-8-18(24)9-11-20/h3-4,6-11,19H,2,5,12-17H2,1H3. The molecule has 154 valence electrons. The Morgan fingerprint density at radius 2 is 1.83 bits per heavy atom. The molecule has 0 aliphatic carbocycles. The molecule has 0 saturated carbocycles. The van der Waals surface area contributed by atoms with Gasteiger partial charge in [0.2, 0.25) is 0 Å². The molecule has 1 saturated heterocycles. The van der Waals surface area contributed by atoms with Crippen molar-refractivity contribution < 1.29 is 8.60 Å². The minimum atomic E-state index is -1.05. The van der Waals surface area contributed by atoms with Crippen molar-refractivity contribution in [1.82, 2.24) is 14.5 Å². The van der Waals surface area contributed by atoms with Crippen LogP contribution >= 0.6 is 0 Å². The van der Waals surface area contributed by atoms with E-state index in [2.05, 4.69) is 40.7 Å². The SMILES string of the molecule is CCc1nc2ccccc2n1C1CCN(CCCS(=O)c2ccc(F)cc2)CC1. The summed E-state index contributed by atoms with van der Waals surface area (Å²) in [5.74, 6) is 1.52. The van der Waals surface area contributed by atoms with Crippen LogP contribution in [0, 0.1) is 5.82 Å². The predicted octanol–water partition coefficient (Wildman–Crippen LogP) is 4.57. The van der Waals surface area contributed by atoms with E-state index >= 15 is 0 Å². The summed E-state index contributed by atoms with van der Waals surface area (Å²) in [4.78, 5) is 8.01. The van der Waals surface area contributed by atoms with Gasteiger partial charge in [-0.2, -0.15) is 0 Å². The van der Waals surface area contributed by atoms with Gasteiger partial charge < -0.3 is 9.47 Å². The van der Waals surface area contributed by atoms with Crippen LogP contribution in [-0.2, 0) is 17.2 Å². The first-order valence-corrected chi connectivity index (χ1v) is 11.8. The number of aryl methyl sites for hydroxylation is 1. The van der Waals surface area contributed by atoms with E-state index in [4.69, 9.17) is 4.98 Å². The van der Waals surface area contributed by atoms with Gasteiger partial charge in [-0.05, 0) is 62.2 Å². The molecule has 4 rings (SSSR count). The average Bonchev–Trinajstić information content (AvgIpc) is 3.13. The molecule has 1 aliphatic heterocycles. The largest absolute Gasteiger partial charge is 0.325 e. The molecule has 29 heavy (non-hydrogen) atoms. The van der Waals surface area contributed by atoms with Crippen LogP contribution in [-0.4, -0.2) is 44.0 Å². The van der Waals surface area contributed by atoms with Crippen LogP contribution in [0.4, 0.5) is 4.39 Å². The van der Waals surface area contributed by atoms with Crippen molar-refractivity contribution in [2.24, 2.45) is 0 Å². The monoisotopic (exact) mass is 413 g/mol.